The Morgan fingerprint density at radius 2 is 1.23 bits per heavy atom. The van der Waals surface area contributed by atoms with E-state index in [1.165, 1.54) is 6.07 Å². The molecule has 0 saturated heterocycles. The number of nitrogens with one attached hydrogen (secondary N) is 2. The predicted octanol–water partition coefficient (Wildman–Crippen LogP) is 6.69. The molecule has 0 unspecified atom stereocenters. The zero-order valence-corrected chi connectivity index (χ0v) is 21.1. The van der Waals surface area contributed by atoms with Gasteiger partial charge in [-0.25, -0.2) is 0 Å². The summed E-state index contributed by atoms with van der Waals surface area (Å²) in [6.45, 7) is 6.81. The van der Waals surface area contributed by atoms with Crippen LogP contribution in [0.25, 0.3) is 0 Å². The van der Waals surface area contributed by atoms with E-state index in [0.717, 1.165) is 0 Å². The number of hydrogen-bond acceptors (Lipinski definition) is 5. The molecule has 7 nitrogen and oxygen atoms in total. The summed E-state index contributed by atoms with van der Waals surface area (Å²) in [5.41, 5.74) is 1.74. The highest BCUT2D eigenvalue weighted by atomic mass is 35.5. The van der Waals surface area contributed by atoms with Gasteiger partial charge in [0.1, 0.15) is 0 Å². The van der Waals surface area contributed by atoms with Gasteiger partial charge in [-0.3, -0.25) is 9.59 Å². The van der Waals surface area contributed by atoms with Crippen LogP contribution in [0.5, 0.6) is 17.2 Å². The Hall–Kier alpha value is -3.42. The van der Waals surface area contributed by atoms with Gasteiger partial charge in [-0.2, -0.15) is 0 Å². The number of carbonyl (C=O) groups excluding carboxylic acids is 2. The van der Waals surface area contributed by atoms with E-state index >= 15 is 0 Å². The Balaban J connectivity index is 1.74. The van der Waals surface area contributed by atoms with E-state index in [1.807, 2.05) is 20.8 Å². The fourth-order valence-electron chi connectivity index (χ4n) is 3.23. The maximum atomic E-state index is 13.0. The van der Waals surface area contributed by atoms with E-state index in [9.17, 15) is 9.59 Å². The van der Waals surface area contributed by atoms with Gasteiger partial charge in [0.15, 0.2) is 11.5 Å². The van der Waals surface area contributed by atoms with E-state index in [2.05, 4.69) is 10.6 Å². The molecule has 0 heterocycles. The van der Waals surface area contributed by atoms with Crippen LogP contribution in [0, 0.1) is 0 Å². The molecule has 0 aliphatic rings. The fraction of sp³-hybridized carbons (Fsp3) is 0.231. The Bertz CT molecular complexity index is 1170. The van der Waals surface area contributed by atoms with Crippen LogP contribution in [-0.2, 0) is 0 Å². The highest BCUT2D eigenvalue weighted by Crippen LogP contribution is 2.39. The molecule has 0 saturated carbocycles. The Morgan fingerprint density at radius 3 is 1.71 bits per heavy atom. The van der Waals surface area contributed by atoms with E-state index < -0.39 is 0 Å². The SMILES string of the molecule is CCOc1cc(C(=O)Nc2ccc(NC(=O)c3ccc(Cl)cc3Cl)cc2)cc(OCC)c1OCC. The highest BCUT2D eigenvalue weighted by molar-refractivity contribution is 6.37. The van der Waals surface area contributed by atoms with Gasteiger partial charge in [-0.05, 0) is 75.4 Å². The number of halogens is 2. The molecule has 3 rings (SSSR count). The van der Waals surface area contributed by atoms with Gasteiger partial charge in [0.25, 0.3) is 11.8 Å². The molecule has 3 aromatic carbocycles. The molecule has 0 aliphatic carbocycles. The molecule has 2 amide bonds. The van der Waals surface area contributed by atoms with E-state index in [1.54, 1.807) is 48.5 Å². The summed E-state index contributed by atoms with van der Waals surface area (Å²) in [7, 11) is 0. The van der Waals surface area contributed by atoms with Crippen LogP contribution in [-0.4, -0.2) is 31.6 Å². The van der Waals surface area contributed by atoms with Gasteiger partial charge in [0.2, 0.25) is 5.75 Å². The van der Waals surface area contributed by atoms with Gasteiger partial charge in [0, 0.05) is 22.0 Å². The minimum atomic E-state index is -0.371. The topological polar surface area (TPSA) is 85.9 Å². The van der Waals surface area contributed by atoms with Crippen LogP contribution in [0.3, 0.4) is 0 Å². The number of anilines is 2. The second-order valence-electron chi connectivity index (χ2n) is 7.21. The van der Waals surface area contributed by atoms with Crippen LogP contribution >= 0.6 is 23.2 Å². The predicted molar refractivity (Wildman–Crippen MR) is 139 cm³/mol. The van der Waals surface area contributed by atoms with E-state index in [4.69, 9.17) is 37.4 Å². The fourth-order valence-corrected chi connectivity index (χ4v) is 3.73. The van der Waals surface area contributed by atoms with Crippen molar-refractivity contribution in [3.05, 3.63) is 75.8 Å². The van der Waals surface area contributed by atoms with E-state index in [-0.39, 0.29) is 16.8 Å². The third-order valence-electron chi connectivity index (χ3n) is 4.75. The summed E-state index contributed by atoms with van der Waals surface area (Å²) in [5, 5.41) is 6.30. The zero-order chi connectivity index (χ0) is 25.4. The monoisotopic (exact) mass is 516 g/mol. The lowest BCUT2D eigenvalue weighted by Crippen LogP contribution is -2.14. The van der Waals surface area contributed by atoms with Gasteiger partial charge < -0.3 is 24.8 Å². The van der Waals surface area contributed by atoms with Crippen molar-refractivity contribution < 1.29 is 23.8 Å². The Kier molecular flexibility index (Phi) is 9.23. The second-order valence-corrected chi connectivity index (χ2v) is 8.05. The van der Waals surface area contributed by atoms with Crippen molar-refractivity contribution >= 4 is 46.4 Å². The number of amides is 2. The third kappa shape index (κ3) is 6.81. The molecule has 35 heavy (non-hydrogen) atoms. The molecule has 0 aromatic heterocycles. The first-order valence-electron chi connectivity index (χ1n) is 11.1. The van der Waals surface area contributed by atoms with Crippen LogP contribution in [0.15, 0.2) is 54.6 Å². The third-order valence-corrected chi connectivity index (χ3v) is 5.30. The Labute approximate surface area is 214 Å². The summed E-state index contributed by atoms with van der Waals surface area (Å²) >= 11 is 12.0. The van der Waals surface area contributed by atoms with Crippen molar-refractivity contribution in [2.75, 3.05) is 30.5 Å². The van der Waals surface area contributed by atoms with Gasteiger partial charge >= 0.3 is 0 Å². The maximum absolute atomic E-state index is 13.0. The van der Waals surface area contributed by atoms with E-state index in [0.29, 0.717) is 64.6 Å². The lowest BCUT2D eigenvalue weighted by Gasteiger charge is -2.17. The average molecular weight is 517 g/mol. The second kappa shape index (κ2) is 12.3. The summed E-state index contributed by atoms with van der Waals surface area (Å²) in [6, 6.07) is 14.6. The van der Waals surface area contributed by atoms with Crippen molar-refractivity contribution in [2.24, 2.45) is 0 Å². The van der Waals surface area contributed by atoms with Gasteiger partial charge in [-0.15, -0.1) is 0 Å². The van der Waals surface area contributed by atoms with Crippen molar-refractivity contribution in [1.29, 1.82) is 0 Å². The molecule has 0 fully saturated rings. The van der Waals surface area contributed by atoms with Gasteiger partial charge in [0.05, 0.1) is 30.4 Å². The van der Waals surface area contributed by atoms with Crippen LogP contribution < -0.4 is 24.8 Å². The van der Waals surface area contributed by atoms with Crippen LogP contribution in [0.2, 0.25) is 10.0 Å². The van der Waals surface area contributed by atoms with Crippen LogP contribution in [0.4, 0.5) is 11.4 Å². The number of benzene rings is 3. The largest absolute Gasteiger partial charge is 0.490 e. The number of rotatable bonds is 10. The first-order valence-corrected chi connectivity index (χ1v) is 11.9. The minimum Gasteiger partial charge on any atom is -0.490 e. The molecule has 0 atom stereocenters. The summed E-state index contributed by atoms with van der Waals surface area (Å²) in [4.78, 5) is 25.4. The molecule has 0 aliphatic heterocycles. The molecular formula is C26H26Cl2N2O5. The molecule has 184 valence electrons. The normalized spacial score (nSPS) is 10.4. The van der Waals surface area contributed by atoms with Gasteiger partial charge in [-0.1, -0.05) is 23.2 Å². The van der Waals surface area contributed by atoms with Crippen molar-refractivity contribution in [3.63, 3.8) is 0 Å². The molecular weight excluding hydrogens is 491 g/mol. The molecule has 3 aromatic rings. The Morgan fingerprint density at radius 1 is 0.714 bits per heavy atom. The first kappa shape index (κ1) is 26.2. The quantitative estimate of drug-likeness (QED) is 0.313. The van der Waals surface area contributed by atoms with Crippen molar-refractivity contribution in [1.82, 2.24) is 0 Å². The van der Waals surface area contributed by atoms with Crippen molar-refractivity contribution in [2.45, 2.75) is 20.8 Å². The maximum Gasteiger partial charge on any atom is 0.257 e. The number of ether oxygens (including phenoxy) is 3. The molecule has 2 N–H and O–H groups in total. The summed E-state index contributed by atoms with van der Waals surface area (Å²) in [5.74, 6) is 0.617. The summed E-state index contributed by atoms with van der Waals surface area (Å²) < 4.78 is 17.0. The molecule has 0 spiro atoms. The number of hydrogen-bond donors (Lipinski definition) is 2. The summed E-state index contributed by atoms with van der Waals surface area (Å²) in [6.07, 6.45) is 0. The highest BCUT2D eigenvalue weighted by Gasteiger charge is 2.19. The molecule has 0 radical (unpaired) electrons. The standard InChI is InChI=1S/C26H26Cl2N2O5/c1-4-33-22-13-16(14-23(34-5-2)24(22)35-6-3)25(31)29-18-8-10-19(11-9-18)30-26(32)20-12-7-17(27)15-21(20)28/h7-15H,4-6H2,1-3H3,(H,29,31)(H,30,32). The molecule has 0 bridgehead atoms. The lowest BCUT2D eigenvalue weighted by molar-refractivity contribution is 0.101. The number of carbonyl (C=O) groups is 2. The first-order chi connectivity index (χ1) is 16.9. The average Bonchev–Trinajstić information content (AvgIpc) is 2.82. The smallest absolute Gasteiger partial charge is 0.257 e. The lowest BCUT2D eigenvalue weighted by atomic mass is 10.1. The molecule has 9 heteroatoms. The zero-order valence-electron chi connectivity index (χ0n) is 19.6. The minimum absolute atomic E-state index is 0.257. The van der Waals surface area contributed by atoms with Crippen molar-refractivity contribution in [3.8, 4) is 17.2 Å². The van der Waals surface area contributed by atoms with Crippen LogP contribution in [0.1, 0.15) is 41.5 Å².